The summed E-state index contributed by atoms with van der Waals surface area (Å²) in [6, 6.07) is 17.3. The first-order valence-corrected chi connectivity index (χ1v) is 13.3. The number of imide groups is 1. The van der Waals surface area contributed by atoms with Crippen LogP contribution in [-0.2, 0) is 14.4 Å². The number of halogens is 1. The number of carbonyl (C=O) groups is 4. The van der Waals surface area contributed by atoms with E-state index in [4.69, 9.17) is 21.1 Å². The normalized spacial score (nSPS) is 13.9. The molecule has 4 amide bonds. The number of benzene rings is 3. The van der Waals surface area contributed by atoms with Crippen molar-refractivity contribution in [3.63, 3.8) is 0 Å². The van der Waals surface area contributed by atoms with Gasteiger partial charge in [-0.05, 0) is 79.2 Å². The molecule has 0 aliphatic carbocycles. The van der Waals surface area contributed by atoms with Gasteiger partial charge in [-0.3, -0.25) is 24.1 Å². The van der Waals surface area contributed by atoms with Crippen LogP contribution in [0.25, 0.3) is 6.08 Å². The highest BCUT2D eigenvalue weighted by Crippen LogP contribution is 2.34. The molecule has 40 heavy (non-hydrogen) atoms. The molecular formula is C29H26ClN3O6S. The minimum absolute atomic E-state index is 0.157. The quantitative estimate of drug-likeness (QED) is 0.314. The maximum absolute atomic E-state index is 12.9. The maximum atomic E-state index is 12.9. The molecule has 3 aromatic carbocycles. The molecule has 1 aliphatic rings. The monoisotopic (exact) mass is 579 g/mol. The summed E-state index contributed by atoms with van der Waals surface area (Å²) in [6.45, 7) is 3.12. The topological polar surface area (TPSA) is 114 Å². The van der Waals surface area contributed by atoms with Crippen molar-refractivity contribution in [1.29, 1.82) is 0 Å². The second-order valence-electron chi connectivity index (χ2n) is 8.89. The summed E-state index contributed by atoms with van der Waals surface area (Å²) in [5.41, 5.74) is 3.63. The molecule has 1 aliphatic heterocycles. The highest BCUT2D eigenvalue weighted by atomic mass is 35.5. The summed E-state index contributed by atoms with van der Waals surface area (Å²) in [5.74, 6) is -0.776. The molecule has 1 heterocycles. The van der Waals surface area contributed by atoms with Gasteiger partial charge < -0.3 is 20.1 Å². The summed E-state index contributed by atoms with van der Waals surface area (Å²) in [4.78, 5) is 51.2. The average Bonchev–Trinajstić information content (AvgIpc) is 3.18. The molecule has 0 bridgehead atoms. The zero-order chi connectivity index (χ0) is 28.8. The van der Waals surface area contributed by atoms with E-state index in [0.29, 0.717) is 33.5 Å². The van der Waals surface area contributed by atoms with Gasteiger partial charge in [-0.2, -0.15) is 0 Å². The number of amides is 4. The zero-order valence-corrected chi connectivity index (χ0v) is 23.5. The fraction of sp³-hybridized carbons (Fsp3) is 0.172. The van der Waals surface area contributed by atoms with Gasteiger partial charge in [0.2, 0.25) is 5.91 Å². The van der Waals surface area contributed by atoms with Crippen molar-refractivity contribution < 1.29 is 28.7 Å². The van der Waals surface area contributed by atoms with E-state index in [1.165, 1.54) is 13.2 Å². The van der Waals surface area contributed by atoms with Crippen molar-refractivity contribution in [2.24, 2.45) is 0 Å². The molecule has 0 radical (unpaired) electrons. The van der Waals surface area contributed by atoms with Crippen LogP contribution in [-0.4, -0.2) is 48.1 Å². The number of ether oxygens (including phenoxy) is 2. The lowest BCUT2D eigenvalue weighted by atomic mass is 10.2. The highest BCUT2D eigenvalue weighted by molar-refractivity contribution is 8.18. The Hall–Kier alpha value is -4.28. The molecule has 2 N–H and O–H groups in total. The number of thioether (sulfide) groups is 1. The van der Waals surface area contributed by atoms with E-state index in [2.05, 4.69) is 10.6 Å². The van der Waals surface area contributed by atoms with Crippen LogP contribution in [0.2, 0.25) is 5.02 Å². The van der Waals surface area contributed by atoms with Crippen LogP contribution < -0.4 is 20.1 Å². The number of rotatable bonds is 9. The number of anilines is 2. The van der Waals surface area contributed by atoms with Gasteiger partial charge in [0.25, 0.3) is 17.1 Å². The second-order valence-corrected chi connectivity index (χ2v) is 10.3. The lowest BCUT2D eigenvalue weighted by Gasteiger charge is -2.13. The van der Waals surface area contributed by atoms with Crippen LogP contribution in [0.3, 0.4) is 0 Å². The Bertz CT molecular complexity index is 1510. The van der Waals surface area contributed by atoms with Crippen LogP contribution in [0.15, 0.2) is 65.6 Å². The van der Waals surface area contributed by atoms with Crippen molar-refractivity contribution in [1.82, 2.24) is 4.90 Å². The SMILES string of the molecule is COc1cc(/C=C2/SC(=O)N(CC(=O)Nc3ccc(C)c(Cl)c3)C2=O)ccc1OCC(=O)Nc1ccc(C)cc1. The summed E-state index contributed by atoms with van der Waals surface area (Å²) in [6.07, 6.45) is 1.53. The predicted octanol–water partition coefficient (Wildman–Crippen LogP) is 5.66. The molecule has 1 fully saturated rings. The number of hydrogen-bond acceptors (Lipinski definition) is 7. The van der Waals surface area contributed by atoms with E-state index in [9.17, 15) is 19.2 Å². The fourth-order valence-corrected chi connectivity index (χ4v) is 4.69. The Labute approximate surface area is 240 Å². The minimum atomic E-state index is -0.584. The van der Waals surface area contributed by atoms with Crippen LogP contribution in [0, 0.1) is 13.8 Å². The van der Waals surface area contributed by atoms with Gasteiger partial charge in [-0.15, -0.1) is 0 Å². The van der Waals surface area contributed by atoms with E-state index < -0.39 is 23.6 Å². The number of nitrogens with zero attached hydrogens (tertiary/aromatic N) is 1. The number of nitrogens with one attached hydrogen (secondary N) is 2. The van der Waals surface area contributed by atoms with Gasteiger partial charge >= 0.3 is 0 Å². The van der Waals surface area contributed by atoms with Gasteiger partial charge in [0.05, 0.1) is 12.0 Å². The average molecular weight is 580 g/mol. The van der Waals surface area contributed by atoms with Crippen molar-refractivity contribution in [2.75, 3.05) is 30.9 Å². The van der Waals surface area contributed by atoms with E-state index in [0.717, 1.165) is 27.8 Å². The first-order valence-electron chi connectivity index (χ1n) is 12.1. The largest absolute Gasteiger partial charge is 0.493 e. The lowest BCUT2D eigenvalue weighted by Crippen LogP contribution is -2.36. The minimum Gasteiger partial charge on any atom is -0.493 e. The maximum Gasteiger partial charge on any atom is 0.294 e. The second kappa shape index (κ2) is 12.7. The van der Waals surface area contributed by atoms with Crippen LogP contribution >= 0.6 is 23.4 Å². The standard InChI is InChI=1S/C29H26ClN3O6S/c1-17-4-8-20(9-5-17)31-27(35)16-39-23-11-7-19(12-24(23)38-3)13-25-28(36)33(29(37)40-25)15-26(34)32-21-10-6-18(2)22(30)14-21/h4-14H,15-16H2,1-3H3,(H,31,35)(H,32,34)/b25-13+. The van der Waals surface area contributed by atoms with Crippen molar-refractivity contribution in [2.45, 2.75) is 13.8 Å². The Balaban J connectivity index is 1.37. The molecule has 11 heteroatoms. The van der Waals surface area contributed by atoms with Gasteiger partial charge in [0.15, 0.2) is 18.1 Å². The molecular weight excluding hydrogens is 554 g/mol. The van der Waals surface area contributed by atoms with Gasteiger partial charge in [0.1, 0.15) is 6.54 Å². The number of methoxy groups -OCH3 is 1. The van der Waals surface area contributed by atoms with Crippen LogP contribution in [0.1, 0.15) is 16.7 Å². The number of carbonyl (C=O) groups excluding carboxylic acids is 4. The molecule has 0 saturated carbocycles. The summed E-state index contributed by atoms with van der Waals surface area (Å²) in [7, 11) is 1.45. The van der Waals surface area contributed by atoms with Crippen molar-refractivity contribution in [3.05, 3.63) is 87.3 Å². The molecule has 0 unspecified atom stereocenters. The third-order valence-electron chi connectivity index (χ3n) is 5.81. The lowest BCUT2D eigenvalue weighted by molar-refractivity contribution is -0.127. The first kappa shape index (κ1) is 28.7. The van der Waals surface area contributed by atoms with Crippen molar-refractivity contribution >= 4 is 63.8 Å². The molecule has 0 aromatic heterocycles. The fourth-order valence-electron chi connectivity index (χ4n) is 3.67. The summed E-state index contributed by atoms with van der Waals surface area (Å²) < 4.78 is 11.0. The molecule has 0 spiro atoms. The van der Waals surface area contributed by atoms with E-state index in [-0.39, 0.29) is 17.4 Å². The number of hydrogen-bond donors (Lipinski definition) is 2. The Morgan fingerprint density at radius 2 is 1.62 bits per heavy atom. The van der Waals surface area contributed by atoms with E-state index in [1.54, 1.807) is 48.5 Å². The molecule has 9 nitrogen and oxygen atoms in total. The number of aryl methyl sites for hydroxylation is 2. The Morgan fingerprint density at radius 1 is 0.925 bits per heavy atom. The molecule has 4 rings (SSSR count). The Morgan fingerprint density at radius 3 is 2.33 bits per heavy atom. The molecule has 3 aromatic rings. The summed E-state index contributed by atoms with van der Waals surface area (Å²) in [5, 5.41) is 5.33. The van der Waals surface area contributed by atoms with Gasteiger partial charge in [-0.1, -0.05) is 41.4 Å². The zero-order valence-electron chi connectivity index (χ0n) is 21.9. The third-order valence-corrected chi connectivity index (χ3v) is 7.13. The van der Waals surface area contributed by atoms with Crippen LogP contribution in [0.5, 0.6) is 11.5 Å². The Kier molecular flexibility index (Phi) is 9.13. The van der Waals surface area contributed by atoms with Crippen LogP contribution in [0.4, 0.5) is 16.2 Å². The molecule has 0 atom stereocenters. The highest BCUT2D eigenvalue weighted by Gasteiger charge is 2.36. The van der Waals surface area contributed by atoms with Gasteiger partial charge in [0, 0.05) is 16.4 Å². The molecule has 1 saturated heterocycles. The third kappa shape index (κ3) is 7.22. The first-order chi connectivity index (χ1) is 19.1. The molecule has 206 valence electrons. The summed E-state index contributed by atoms with van der Waals surface area (Å²) >= 11 is 6.83. The van der Waals surface area contributed by atoms with E-state index >= 15 is 0 Å². The predicted molar refractivity (Wildman–Crippen MR) is 156 cm³/mol. The van der Waals surface area contributed by atoms with Crippen molar-refractivity contribution in [3.8, 4) is 11.5 Å². The van der Waals surface area contributed by atoms with Gasteiger partial charge in [-0.25, -0.2) is 0 Å². The van der Waals surface area contributed by atoms with E-state index in [1.807, 2.05) is 26.0 Å². The smallest absolute Gasteiger partial charge is 0.294 e.